The third-order valence-corrected chi connectivity index (χ3v) is 4.08. The second kappa shape index (κ2) is 7.04. The molecular weight excluding hydrogens is 320 g/mol. The van der Waals surface area contributed by atoms with Crippen LogP contribution >= 0.6 is 0 Å². The highest BCUT2D eigenvalue weighted by molar-refractivity contribution is 5.88. The van der Waals surface area contributed by atoms with Crippen molar-refractivity contribution in [2.45, 2.75) is 12.0 Å². The molecule has 0 radical (unpaired) electrons. The summed E-state index contributed by atoms with van der Waals surface area (Å²) in [5.41, 5.74) is 7.94. The van der Waals surface area contributed by atoms with E-state index in [0.29, 0.717) is 5.65 Å². The van der Waals surface area contributed by atoms with Crippen LogP contribution in [0.25, 0.3) is 11.0 Å². The zero-order valence-electron chi connectivity index (χ0n) is 13.6. The summed E-state index contributed by atoms with van der Waals surface area (Å²) in [7, 11) is 1.24. The standard InChI is InChI=1S/C18H18N4O3/c1-25-18(24)22-15(16(19)23)14(11-6-3-2-4-7-11)13-10-21-17-12(13)8-5-9-20-17/h2-10,14-15H,1H3,(H2,19,23)(H,20,21)(H,22,24)/t14?,15-/m0/s1. The van der Waals surface area contributed by atoms with Gasteiger partial charge in [-0.15, -0.1) is 0 Å². The van der Waals surface area contributed by atoms with Gasteiger partial charge in [0.25, 0.3) is 0 Å². The number of alkyl carbamates (subject to hydrolysis) is 1. The van der Waals surface area contributed by atoms with Crippen LogP contribution in [0, 0.1) is 0 Å². The second-order valence-corrected chi connectivity index (χ2v) is 5.55. The number of hydrogen-bond acceptors (Lipinski definition) is 4. The number of carbonyl (C=O) groups excluding carboxylic acids is 2. The van der Waals surface area contributed by atoms with E-state index in [-0.39, 0.29) is 0 Å². The van der Waals surface area contributed by atoms with E-state index in [0.717, 1.165) is 16.5 Å². The Labute approximate surface area is 144 Å². The Hall–Kier alpha value is -3.35. The van der Waals surface area contributed by atoms with Gasteiger partial charge in [-0.3, -0.25) is 4.79 Å². The summed E-state index contributed by atoms with van der Waals surface area (Å²) < 4.78 is 4.64. The second-order valence-electron chi connectivity index (χ2n) is 5.55. The Bertz CT molecular complexity index is 891. The molecule has 0 fully saturated rings. The first-order valence-corrected chi connectivity index (χ1v) is 7.72. The van der Waals surface area contributed by atoms with E-state index in [1.807, 2.05) is 42.5 Å². The minimum absolute atomic E-state index is 0.490. The van der Waals surface area contributed by atoms with Gasteiger partial charge >= 0.3 is 6.09 Å². The largest absolute Gasteiger partial charge is 0.453 e. The van der Waals surface area contributed by atoms with Gasteiger partial charge in [0.05, 0.1) is 7.11 Å². The molecule has 0 aliphatic carbocycles. The van der Waals surface area contributed by atoms with E-state index < -0.39 is 24.0 Å². The fraction of sp³-hybridized carbons (Fsp3) is 0.167. The van der Waals surface area contributed by atoms with E-state index in [1.165, 1.54) is 7.11 Å². The van der Waals surface area contributed by atoms with Gasteiger partial charge in [-0.05, 0) is 23.3 Å². The lowest BCUT2D eigenvalue weighted by Gasteiger charge is -2.25. The molecule has 25 heavy (non-hydrogen) atoms. The molecule has 3 rings (SSSR count). The quantitative estimate of drug-likeness (QED) is 0.660. The van der Waals surface area contributed by atoms with E-state index in [1.54, 1.807) is 12.4 Å². The van der Waals surface area contributed by atoms with Crippen LogP contribution in [0.4, 0.5) is 4.79 Å². The highest BCUT2D eigenvalue weighted by Crippen LogP contribution is 2.33. The number of H-pyrrole nitrogens is 1. The van der Waals surface area contributed by atoms with Crippen molar-refractivity contribution in [3.8, 4) is 0 Å². The molecule has 0 bridgehead atoms. The molecular formula is C18H18N4O3. The highest BCUT2D eigenvalue weighted by atomic mass is 16.5. The van der Waals surface area contributed by atoms with E-state index >= 15 is 0 Å². The number of rotatable bonds is 5. The van der Waals surface area contributed by atoms with E-state index in [4.69, 9.17) is 5.73 Å². The number of amides is 2. The van der Waals surface area contributed by atoms with E-state index in [2.05, 4.69) is 20.0 Å². The van der Waals surface area contributed by atoms with Crippen molar-refractivity contribution in [3.05, 3.63) is 66.0 Å². The number of hydrogen-bond donors (Lipinski definition) is 3. The molecule has 7 heteroatoms. The smallest absolute Gasteiger partial charge is 0.407 e. The number of carbonyl (C=O) groups is 2. The van der Waals surface area contributed by atoms with Gasteiger partial charge in [-0.25, -0.2) is 9.78 Å². The summed E-state index contributed by atoms with van der Waals surface area (Å²) in [6.45, 7) is 0. The van der Waals surface area contributed by atoms with Crippen LogP contribution < -0.4 is 11.1 Å². The Morgan fingerprint density at radius 1 is 1.20 bits per heavy atom. The Morgan fingerprint density at radius 2 is 1.96 bits per heavy atom. The SMILES string of the molecule is COC(=O)N[C@H](C(N)=O)C(c1ccccc1)c1c[nH]c2ncccc12. The normalized spacial score (nSPS) is 13.2. The van der Waals surface area contributed by atoms with Crippen LogP contribution in [0.15, 0.2) is 54.9 Å². The third kappa shape index (κ3) is 3.30. The first kappa shape index (κ1) is 16.5. The maximum Gasteiger partial charge on any atom is 0.407 e. The summed E-state index contributed by atoms with van der Waals surface area (Å²) in [6.07, 6.45) is 2.74. The average molecular weight is 338 g/mol. The maximum atomic E-state index is 12.1. The van der Waals surface area contributed by atoms with Gasteiger partial charge in [0.1, 0.15) is 11.7 Å². The van der Waals surface area contributed by atoms with Gasteiger partial charge < -0.3 is 20.8 Å². The molecule has 2 aromatic heterocycles. The van der Waals surface area contributed by atoms with Crippen molar-refractivity contribution >= 4 is 23.0 Å². The highest BCUT2D eigenvalue weighted by Gasteiger charge is 2.33. The number of primary amides is 1. The fourth-order valence-corrected chi connectivity index (χ4v) is 2.95. The number of aromatic amines is 1. The molecule has 1 unspecified atom stereocenters. The van der Waals surface area contributed by atoms with E-state index in [9.17, 15) is 9.59 Å². The lowest BCUT2D eigenvalue weighted by atomic mass is 9.84. The third-order valence-electron chi connectivity index (χ3n) is 4.08. The van der Waals surface area contributed by atoms with Crippen LogP contribution in [0.3, 0.4) is 0 Å². The molecule has 7 nitrogen and oxygen atoms in total. The molecule has 128 valence electrons. The number of benzene rings is 1. The minimum atomic E-state index is -0.978. The van der Waals surface area contributed by atoms with Crippen LogP contribution in [-0.4, -0.2) is 35.1 Å². The number of nitrogens with two attached hydrogens (primary N) is 1. The summed E-state index contributed by atoms with van der Waals surface area (Å²) in [5, 5.41) is 3.40. The summed E-state index contributed by atoms with van der Waals surface area (Å²) >= 11 is 0. The molecule has 0 spiro atoms. The number of aromatic nitrogens is 2. The summed E-state index contributed by atoms with van der Waals surface area (Å²) in [6, 6.07) is 12.1. The molecule has 0 saturated carbocycles. The van der Waals surface area contributed by atoms with Gasteiger partial charge in [-0.2, -0.15) is 0 Å². The molecule has 3 aromatic rings. The van der Waals surface area contributed by atoms with Gasteiger partial charge in [0.15, 0.2) is 0 Å². The van der Waals surface area contributed by atoms with Crippen LogP contribution in [0.2, 0.25) is 0 Å². The van der Waals surface area contributed by atoms with Crippen molar-refractivity contribution in [2.75, 3.05) is 7.11 Å². The molecule has 0 aliphatic rings. The minimum Gasteiger partial charge on any atom is -0.453 e. The average Bonchev–Trinajstić information content (AvgIpc) is 3.06. The molecule has 2 amide bonds. The van der Waals surface area contributed by atoms with Crippen molar-refractivity contribution in [2.24, 2.45) is 5.73 Å². The van der Waals surface area contributed by atoms with Crippen molar-refractivity contribution in [3.63, 3.8) is 0 Å². The van der Waals surface area contributed by atoms with Crippen LogP contribution in [-0.2, 0) is 9.53 Å². The zero-order valence-corrected chi connectivity index (χ0v) is 13.6. The fourth-order valence-electron chi connectivity index (χ4n) is 2.95. The van der Waals surface area contributed by atoms with Gasteiger partial charge in [0, 0.05) is 23.7 Å². The Balaban J connectivity index is 2.15. The monoisotopic (exact) mass is 338 g/mol. The van der Waals surface area contributed by atoms with Crippen molar-refractivity contribution in [1.82, 2.24) is 15.3 Å². The molecule has 0 saturated heterocycles. The lowest BCUT2D eigenvalue weighted by Crippen LogP contribution is -2.48. The number of pyridine rings is 1. The molecule has 0 aliphatic heterocycles. The predicted octanol–water partition coefficient (Wildman–Crippen LogP) is 1.90. The lowest BCUT2D eigenvalue weighted by molar-refractivity contribution is -0.120. The number of nitrogens with one attached hydrogen (secondary N) is 2. The number of fused-ring (bicyclic) bond motifs is 1. The van der Waals surface area contributed by atoms with Gasteiger partial charge in [0.2, 0.25) is 5.91 Å². The number of methoxy groups -OCH3 is 1. The Morgan fingerprint density at radius 3 is 2.64 bits per heavy atom. The van der Waals surface area contributed by atoms with Gasteiger partial charge in [-0.1, -0.05) is 30.3 Å². The Kier molecular flexibility index (Phi) is 4.65. The molecule has 4 N–H and O–H groups in total. The van der Waals surface area contributed by atoms with Crippen LogP contribution in [0.1, 0.15) is 17.0 Å². The first-order chi connectivity index (χ1) is 12.1. The molecule has 1 aromatic carbocycles. The molecule has 2 heterocycles. The summed E-state index contributed by atoms with van der Waals surface area (Å²) in [5.74, 6) is -1.15. The maximum absolute atomic E-state index is 12.1. The number of nitrogens with zero attached hydrogens (tertiary/aromatic N) is 1. The first-order valence-electron chi connectivity index (χ1n) is 7.72. The topological polar surface area (TPSA) is 110 Å². The molecule has 2 atom stereocenters. The number of ether oxygens (including phenoxy) is 1. The van der Waals surface area contributed by atoms with Crippen molar-refractivity contribution < 1.29 is 14.3 Å². The van der Waals surface area contributed by atoms with Crippen LogP contribution in [0.5, 0.6) is 0 Å². The predicted molar refractivity (Wildman–Crippen MR) is 92.9 cm³/mol. The van der Waals surface area contributed by atoms with Crippen molar-refractivity contribution in [1.29, 1.82) is 0 Å². The summed E-state index contributed by atoms with van der Waals surface area (Å²) in [4.78, 5) is 31.2. The zero-order chi connectivity index (χ0) is 17.8.